The van der Waals surface area contributed by atoms with Gasteiger partial charge in [0.2, 0.25) is 0 Å². The van der Waals surface area contributed by atoms with Crippen LogP contribution in [0.15, 0.2) is 18.2 Å². The molecule has 0 saturated carbocycles. The Morgan fingerprint density at radius 1 is 1.60 bits per heavy atom. The van der Waals surface area contributed by atoms with Crippen molar-refractivity contribution in [2.45, 2.75) is 12.7 Å². The molecule has 1 rings (SSSR count). The third-order valence-corrected chi connectivity index (χ3v) is 1.90. The fourth-order valence-electron chi connectivity index (χ4n) is 1.18. The minimum Gasteiger partial charge on any atom is -0.479 e. The van der Waals surface area contributed by atoms with Crippen LogP contribution in [0.3, 0.4) is 0 Å². The number of halogens is 1. The number of aliphatic hydroxyl groups is 1. The van der Waals surface area contributed by atoms with Crippen molar-refractivity contribution in [2.75, 3.05) is 7.11 Å². The number of carbonyl (C=O) groups is 1. The van der Waals surface area contributed by atoms with E-state index in [1.54, 1.807) is 0 Å². The molecular weight excluding hydrogens is 203 g/mol. The summed E-state index contributed by atoms with van der Waals surface area (Å²) in [5.74, 6) is -2.23. The van der Waals surface area contributed by atoms with Gasteiger partial charge >= 0.3 is 5.97 Å². The Hall–Kier alpha value is -1.46. The van der Waals surface area contributed by atoms with Crippen molar-refractivity contribution in [3.8, 4) is 0 Å². The second-order valence-electron chi connectivity index (χ2n) is 3.03. The van der Waals surface area contributed by atoms with Crippen molar-refractivity contribution < 1.29 is 24.1 Å². The van der Waals surface area contributed by atoms with Gasteiger partial charge in [-0.2, -0.15) is 0 Å². The van der Waals surface area contributed by atoms with E-state index in [0.29, 0.717) is 5.56 Å². The molecule has 2 N–H and O–H groups in total. The molecule has 0 spiro atoms. The van der Waals surface area contributed by atoms with Crippen LogP contribution in [0, 0.1) is 5.82 Å². The third kappa shape index (κ3) is 2.74. The molecule has 0 heterocycles. The Morgan fingerprint density at radius 2 is 2.27 bits per heavy atom. The van der Waals surface area contributed by atoms with Crippen LogP contribution < -0.4 is 0 Å². The summed E-state index contributed by atoms with van der Waals surface area (Å²) in [6.45, 7) is 0.236. The Balaban J connectivity index is 2.97. The van der Waals surface area contributed by atoms with Crippen LogP contribution in [0.25, 0.3) is 0 Å². The van der Waals surface area contributed by atoms with Crippen molar-refractivity contribution in [3.63, 3.8) is 0 Å². The van der Waals surface area contributed by atoms with E-state index in [2.05, 4.69) is 0 Å². The van der Waals surface area contributed by atoms with Gasteiger partial charge in [0.25, 0.3) is 0 Å². The SMILES string of the molecule is COCc1ccc(C(O)C(=O)O)c(F)c1. The molecule has 1 aromatic rings. The second-order valence-corrected chi connectivity index (χ2v) is 3.03. The first-order valence-corrected chi connectivity index (χ1v) is 4.24. The molecular formula is C10H11FO4. The maximum absolute atomic E-state index is 13.3. The molecule has 0 aliphatic carbocycles. The van der Waals surface area contributed by atoms with Gasteiger partial charge in [0, 0.05) is 12.7 Å². The summed E-state index contributed by atoms with van der Waals surface area (Å²) in [6.07, 6.45) is -1.83. The highest BCUT2D eigenvalue weighted by atomic mass is 19.1. The van der Waals surface area contributed by atoms with E-state index in [0.717, 1.165) is 6.07 Å². The van der Waals surface area contributed by atoms with E-state index in [9.17, 15) is 9.18 Å². The largest absolute Gasteiger partial charge is 0.479 e. The second kappa shape index (κ2) is 4.86. The van der Waals surface area contributed by atoms with Crippen LogP contribution in [-0.4, -0.2) is 23.3 Å². The lowest BCUT2D eigenvalue weighted by atomic mass is 10.1. The highest BCUT2D eigenvalue weighted by molar-refractivity contribution is 5.74. The highest BCUT2D eigenvalue weighted by Gasteiger charge is 2.19. The average Bonchev–Trinajstić information content (AvgIpc) is 2.17. The van der Waals surface area contributed by atoms with E-state index in [1.165, 1.54) is 19.2 Å². The number of carboxylic acid groups (broad SMARTS) is 1. The quantitative estimate of drug-likeness (QED) is 0.787. The smallest absolute Gasteiger partial charge is 0.337 e. The number of methoxy groups -OCH3 is 1. The summed E-state index contributed by atoms with van der Waals surface area (Å²) in [6, 6.07) is 3.89. The van der Waals surface area contributed by atoms with Gasteiger partial charge in [-0.1, -0.05) is 12.1 Å². The van der Waals surface area contributed by atoms with Gasteiger partial charge in [-0.3, -0.25) is 0 Å². The van der Waals surface area contributed by atoms with Crippen LogP contribution in [-0.2, 0) is 16.1 Å². The van der Waals surface area contributed by atoms with Crippen LogP contribution in [0.2, 0.25) is 0 Å². The molecule has 0 aliphatic heterocycles. The van der Waals surface area contributed by atoms with E-state index in [1.807, 2.05) is 0 Å². The van der Waals surface area contributed by atoms with Gasteiger partial charge in [-0.05, 0) is 11.6 Å². The molecule has 1 aromatic carbocycles. The molecule has 0 saturated heterocycles. The third-order valence-electron chi connectivity index (χ3n) is 1.90. The van der Waals surface area contributed by atoms with Crippen LogP contribution in [0.5, 0.6) is 0 Å². The summed E-state index contributed by atoms with van der Waals surface area (Å²) in [7, 11) is 1.47. The first-order chi connectivity index (χ1) is 7.06. The molecule has 82 valence electrons. The summed E-state index contributed by atoms with van der Waals surface area (Å²) < 4.78 is 18.1. The number of aliphatic carboxylic acids is 1. The predicted molar refractivity (Wildman–Crippen MR) is 49.7 cm³/mol. The van der Waals surface area contributed by atoms with Crippen LogP contribution in [0.1, 0.15) is 17.2 Å². The molecule has 1 atom stereocenters. The monoisotopic (exact) mass is 214 g/mol. The number of hydrogen-bond acceptors (Lipinski definition) is 3. The van der Waals surface area contributed by atoms with Gasteiger partial charge < -0.3 is 14.9 Å². The summed E-state index contributed by atoms with van der Waals surface area (Å²) in [5.41, 5.74) is 0.332. The normalized spacial score (nSPS) is 12.5. The van der Waals surface area contributed by atoms with Gasteiger partial charge in [0.1, 0.15) is 5.82 Å². The zero-order valence-electron chi connectivity index (χ0n) is 8.11. The van der Waals surface area contributed by atoms with Crippen molar-refractivity contribution in [1.29, 1.82) is 0 Å². The number of benzene rings is 1. The van der Waals surface area contributed by atoms with Gasteiger partial charge in [0.05, 0.1) is 6.61 Å². The van der Waals surface area contributed by atoms with Crippen molar-refractivity contribution in [3.05, 3.63) is 35.1 Å². The van der Waals surface area contributed by atoms with E-state index in [4.69, 9.17) is 14.9 Å². The molecule has 0 fully saturated rings. The van der Waals surface area contributed by atoms with E-state index < -0.39 is 17.9 Å². The predicted octanol–water partition coefficient (Wildman–Crippen LogP) is 1.09. The summed E-state index contributed by atoms with van der Waals surface area (Å²) >= 11 is 0. The lowest BCUT2D eigenvalue weighted by Gasteiger charge is -2.08. The fraction of sp³-hybridized carbons (Fsp3) is 0.300. The first kappa shape index (κ1) is 11.6. The Morgan fingerprint density at radius 3 is 2.73 bits per heavy atom. The molecule has 0 aromatic heterocycles. The number of rotatable bonds is 4. The first-order valence-electron chi connectivity index (χ1n) is 4.24. The number of aliphatic hydroxyl groups excluding tert-OH is 1. The lowest BCUT2D eigenvalue weighted by molar-refractivity contribution is -0.147. The summed E-state index contributed by atoms with van der Waals surface area (Å²) in [4.78, 5) is 10.4. The van der Waals surface area contributed by atoms with Crippen molar-refractivity contribution in [2.24, 2.45) is 0 Å². The van der Waals surface area contributed by atoms with Crippen molar-refractivity contribution >= 4 is 5.97 Å². The Kier molecular flexibility index (Phi) is 3.76. The minimum atomic E-state index is -1.83. The number of carboxylic acids is 1. The zero-order valence-corrected chi connectivity index (χ0v) is 8.11. The molecule has 0 bridgehead atoms. The van der Waals surface area contributed by atoms with Crippen LogP contribution >= 0.6 is 0 Å². The van der Waals surface area contributed by atoms with E-state index >= 15 is 0 Å². The number of hydrogen-bond donors (Lipinski definition) is 2. The molecule has 0 aliphatic rings. The molecule has 15 heavy (non-hydrogen) atoms. The van der Waals surface area contributed by atoms with Gasteiger partial charge in [0.15, 0.2) is 6.10 Å². The lowest BCUT2D eigenvalue weighted by Crippen LogP contribution is -2.12. The maximum atomic E-state index is 13.3. The van der Waals surface area contributed by atoms with Crippen LogP contribution in [0.4, 0.5) is 4.39 Å². The Labute approximate surface area is 85.9 Å². The fourth-order valence-corrected chi connectivity index (χ4v) is 1.18. The molecule has 0 amide bonds. The van der Waals surface area contributed by atoms with Gasteiger partial charge in [-0.25, -0.2) is 9.18 Å². The number of ether oxygens (including phenoxy) is 1. The minimum absolute atomic E-state index is 0.236. The molecule has 5 heteroatoms. The van der Waals surface area contributed by atoms with Gasteiger partial charge in [-0.15, -0.1) is 0 Å². The van der Waals surface area contributed by atoms with E-state index in [-0.39, 0.29) is 12.2 Å². The highest BCUT2D eigenvalue weighted by Crippen LogP contribution is 2.18. The average molecular weight is 214 g/mol. The standard InChI is InChI=1S/C10H11FO4/c1-15-5-6-2-3-7(8(11)4-6)9(12)10(13)14/h2-4,9,12H,5H2,1H3,(H,13,14). The maximum Gasteiger partial charge on any atom is 0.337 e. The molecule has 0 radical (unpaired) electrons. The molecule has 1 unspecified atom stereocenters. The zero-order chi connectivity index (χ0) is 11.4. The molecule has 4 nitrogen and oxygen atoms in total. The summed E-state index contributed by atoms with van der Waals surface area (Å²) in [5, 5.41) is 17.6. The Bertz CT molecular complexity index is 364. The van der Waals surface area contributed by atoms with Crippen molar-refractivity contribution in [1.82, 2.24) is 0 Å². The topological polar surface area (TPSA) is 66.8 Å².